The molecule has 6 nitrogen and oxygen atoms in total. The van der Waals surface area contributed by atoms with Gasteiger partial charge >= 0.3 is 0 Å². The fourth-order valence-electron chi connectivity index (χ4n) is 2.98. The van der Waals surface area contributed by atoms with Crippen molar-refractivity contribution >= 4 is 17.3 Å². The molecule has 0 aliphatic carbocycles. The second kappa shape index (κ2) is 10.1. The summed E-state index contributed by atoms with van der Waals surface area (Å²) < 4.78 is 0. The van der Waals surface area contributed by atoms with E-state index in [-0.39, 0.29) is 0 Å². The van der Waals surface area contributed by atoms with Crippen LogP contribution in [0.4, 0.5) is 0 Å². The van der Waals surface area contributed by atoms with Crippen molar-refractivity contribution in [3.05, 3.63) is 82.2 Å². The topological polar surface area (TPSA) is 87.4 Å². The van der Waals surface area contributed by atoms with Gasteiger partial charge in [-0.3, -0.25) is 0 Å². The van der Waals surface area contributed by atoms with Gasteiger partial charge in [0.1, 0.15) is 5.82 Å². The Labute approximate surface area is 182 Å². The second-order valence-electron chi connectivity index (χ2n) is 6.84. The maximum atomic E-state index is 8.46. The number of rotatable bonds is 8. The van der Waals surface area contributed by atoms with Gasteiger partial charge in [-0.25, -0.2) is 9.97 Å². The van der Waals surface area contributed by atoms with Crippen molar-refractivity contribution < 1.29 is 0 Å². The van der Waals surface area contributed by atoms with Crippen molar-refractivity contribution in [2.45, 2.75) is 40.2 Å². The van der Waals surface area contributed by atoms with Gasteiger partial charge in [0.05, 0.1) is 22.8 Å². The monoisotopic (exact) mass is 420 g/mol. The molecule has 1 aromatic carbocycles. The third kappa shape index (κ3) is 5.27. The van der Waals surface area contributed by atoms with E-state index < -0.39 is 0 Å². The number of allylic oxidation sites excluding steroid dienone is 1. The third-order valence-electron chi connectivity index (χ3n) is 4.70. The van der Waals surface area contributed by atoms with Crippen LogP contribution in [0, 0.1) is 12.3 Å². The van der Waals surface area contributed by atoms with Gasteiger partial charge in [-0.2, -0.15) is 10.2 Å². The molecule has 0 spiro atoms. The van der Waals surface area contributed by atoms with E-state index in [0.29, 0.717) is 28.7 Å². The molecule has 7 heteroatoms. The summed E-state index contributed by atoms with van der Waals surface area (Å²) in [6, 6.07) is 9.54. The molecule has 0 aliphatic heterocycles. The van der Waals surface area contributed by atoms with Crippen molar-refractivity contribution in [3.8, 4) is 11.3 Å². The molecule has 3 aromatic rings. The highest BCUT2D eigenvalue weighted by molar-refractivity contribution is 6.30. The highest BCUT2D eigenvalue weighted by Gasteiger charge is 2.13. The van der Waals surface area contributed by atoms with Gasteiger partial charge in [-0.1, -0.05) is 37.6 Å². The predicted octanol–water partition coefficient (Wildman–Crippen LogP) is 4.69. The zero-order valence-electron chi connectivity index (χ0n) is 17.4. The lowest BCUT2D eigenvalue weighted by Gasteiger charge is -2.10. The predicted molar refractivity (Wildman–Crippen MR) is 121 cm³/mol. The summed E-state index contributed by atoms with van der Waals surface area (Å²) in [5, 5.41) is 21.0. The van der Waals surface area contributed by atoms with Crippen LogP contribution in [0.3, 0.4) is 0 Å². The first-order valence-corrected chi connectivity index (χ1v) is 10.3. The highest BCUT2D eigenvalue weighted by atomic mass is 35.5. The molecule has 0 unspecified atom stereocenters. The minimum atomic E-state index is 0.358. The number of benzene rings is 1. The first kappa shape index (κ1) is 21.6. The lowest BCUT2D eigenvalue weighted by atomic mass is 10.0. The summed E-state index contributed by atoms with van der Waals surface area (Å²) in [4.78, 5) is 9.02. The van der Waals surface area contributed by atoms with Gasteiger partial charge in [0.25, 0.3) is 0 Å². The number of hydrogen-bond donors (Lipinski definition) is 2. The van der Waals surface area contributed by atoms with E-state index in [0.717, 1.165) is 41.1 Å². The van der Waals surface area contributed by atoms with E-state index in [1.807, 2.05) is 44.2 Å². The van der Waals surface area contributed by atoms with Crippen LogP contribution >= 0.6 is 11.6 Å². The molecular weight excluding hydrogens is 396 g/mol. The second-order valence-corrected chi connectivity index (χ2v) is 7.27. The summed E-state index contributed by atoms with van der Waals surface area (Å²) >= 11 is 5.91. The van der Waals surface area contributed by atoms with Crippen LogP contribution < -0.4 is 5.32 Å². The molecule has 2 aromatic heterocycles. The van der Waals surface area contributed by atoms with Crippen LogP contribution in [-0.2, 0) is 19.4 Å². The van der Waals surface area contributed by atoms with Gasteiger partial charge in [-0.05, 0) is 49.4 Å². The molecule has 2 heterocycles. The smallest absolute Gasteiger partial charge is 0.128 e. The van der Waals surface area contributed by atoms with Crippen LogP contribution in [0.25, 0.3) is 11.3 Å². The van der Waals surface area contributed by atoms with Crippen LogP contribution in [0.5, 0.6) is 0 Å². The Bertz CT molecular complexity index is 1060. The molecule has 0 saturated carbocycles. The van der Waals surface area contributed by atoms with E-state index in [1.165, 1.54) is 0 Å². The maximum absolute atomic E-state index is 8.46. The molecule has 0 saturated heterocycles. The van der Waals surface area contributed by atoms with Gasteiger partial charge in [0, 0.05) is 35.3 Å². The summed E-state index contributed by atoms with van der Waals surface area (Å²) in [6.45, 7) is 6.60. The molecule has 0 atom stereocenters. The number of nitrogens with one attached hydrogen (secondary N) is 2. The molecule has 0 aliphatic rings. The Morgan fingerprint density at radius 1 is 1.13 bits per heavy atom. The first-order valence-electron chi connectivity index (χ1n) is 9.94. The Kier molecular flexibility index (Phi) is 7.25. The number of aromatic nitrogens is 4. The number of halogens is 1. The fraction of sp³-hybridized carbons (Fsp3) is 0.261. The standard InChI is InChI=1S/C23H25ClN6/c1-4-21-19(14-27-23(5-2)28-21)22-12-18(15(3)29-30-22)20(25)10-11-26-13-16-6-8-17(24)9-7-16/h6-12,14,25-26H,4-5,13H2,1-3H3/b11-10-,25-20?. The summed E-state index contributed by atoms with van der Waals surface area (Å²) in [5.74, 6) is 0.818. The molecule has 154 valence electrons. The van der Waals surface area contributed by atoms with E-state index in [4.69, 9.17) is 17.0 Å². The Hall–Kier alpha value is -3.12. The zero-order chi connectivity index (χ0) is 21.5. The SMILES string of the molecule is CCc1ncc(-c2cc(C(=N)/C=C\NCc3ccc(Cl)cc3)c(C)nn2)c(CC)n1. The molecule has 2 N–H and O–H groups in total. The van der Waals surface area contributed by atoms with Crippen LogP contribution in [0.1, 0.15) is 42.2 Å². The Balaban J connectivity index is 1.76. The molecule has 30 heavy (non-hydrogen) atoms. The van der Waals surface area contributed by atoms with E-state index in [2.05, 4.69) is 32.4 Å². The van der Waals surface area contributed by atoms with E-state index >= 15 is 0 Å². The van der Waals surface area contributed by atoms with Crippen molar-refractivity contribution in [2.75, 3.05) is 0 Å². The average molecular weight is 421 g/mol. The van der Waals surface area contributed by atoms with Crippen molar-refractivity contribution in [1.29, 1.82) is 5.41 Å². The molecule has 0 bridgehead atoms. The highest BCUT2D eigenvalue weighted by Crippen LogP contribution is 2.22. The van der Waals surface area contributed by atoms with Crippen LogP contribution in [-0.4, -0.2) is 25.9 Å². The molecule has 0 amide bonds. The summed E-state index contributed by atoms with van der Waals surface area (Å²) in [7, 11) is 0. The molecule has 3 rings (SSSR count). The maximum Gasteiger partial charge on any atom is 0.128 e. The fourth-order valence-corrected chi connectivity index (χ4v) is 3.11. The van der Waals surface area contributed by atoms with E-state index in [1.54, 1.807) is 18.5 Å². The van der Waals surface area contributed by atoms with E-state index in [9.17, 15) is 0 Å². The first-order chi connectivity index (χ1) is 14.5. The minimum Gasteiger partial charge on any atom is -0.387 e. The van der Waals surface area contributed by atoms with Crippen LogP contribution in [0.2, 0.25) is 5.02 Å². The van der Waals surface area contributed by atoms with Crippen molar-refractivity contribution in [2.24, 2.45) is 0 Å². The Morgan fingerprint density at radius 3 is 2.60 bits per heavy atom. The van der Waals surface area contributed by atoms with Gasteiger partial charge in [0.15, 0.2) is 0 Å². The minimum absolute atomic E-state index is 0.358. The summed E-state index contributed by atoms with van der Waals surface area (Å²) in [5.41, 5.74) is 5.39. The lowest BCUT2D eigenvalue weighted by molar-refractivity contribution is 0.870. The normalized spacial score (nSPS) is 11.1. The lowest BCUT2D eigenvalue weighted by Crippen LogP contribution is -2.08. The summed E-state index contributed by atoms with van der Waals surface area (Å²) in [6.07, 6.45) is 6.87. The molecular formula is C23H25ClN6. The quantitative estimate of drug-likeness (QED) is 0.516. The van der Waals surface area contributed by atoms with Crippen molar-refractivity contribution in [1.82, 2.24) is 25.5 Å². The molecule has 0 radical (unpaired) electrons. The molecule has 0 fully saturated rings. The van der Waals surface area contributed by atoms with Gasteiger partial charge < -0.3 is 10.7 Å². The number of nitrogens with zero attached hydrogens (tertiary/aromatic N) is 4. The zero-order valence-corrected chi connectivity index (χ0v) is 18.2. The van der Waals surface area contributed by atoms with Crippen LogP contribution in [0.15, 0.2) is 48.8 Å². The van der Waals surface area contributed by atoms with Gasteiger partial charge in [-0.15, -0.1) is 0 Å². The largest absolute Gasteiger partial charge is 0.387 e. The van der Waals surface area contributed by atoms with Crippen molar-refractivity contribution in [3.63, 3.8) is 0 Å². The third-order valence-corrected chi connectivity index (χ3v) is 4.95. The average Bonchev–Trinajstić information content (AvgIpc) is 2.77. The number of aryl methyl sites for hydroxylation is 3. The number of hydrogen-bond acceptors (Lipinski definition) is 6. The Morgan fingerprint density at radius 2 is 1.90 bits per heavy atom. The van der Waals surface area contributed by atoms with Gasteiger partial charge in [0.2, 0.25) is 0 Å².